The molecule has 2 aromatic rings. The summed E-state index contributed by atoms with van der Waals surface area (Å²) in [6.45, 7) is 0.0662. The Morgan fingerprint density at radius 2 is 2.50 bits per heavy atom. The van der Waals surface area contributed by atoms with Crippen molar-refractivity contribution in [2.75, 3.05) is 13.7 Å². The van der Waals surface area contributed by atoms with Gasteiger partial charge in [-0.15, -0.1) is 11.3 Å². The van der Waals surface area contributed by atoms with Crippen molar-refractivity contribution in [2.45, 2.75) is 6.42 Å². The van der Waals surface area contributed by atoms with Gasteiger partial charge in [0.1, 0.15) is 6.61 Å². The van der Waals surface area contributed by atoms with Gasteiger partial charge in [0.05, 0.1) is 11.3 Å². The van der Waals surface area contributed by atoms with Gasteiger partial charge >= 0.3 is 0 Å². The number of nitrogens with zero attached hydrogens (tertiary/aromatic N) is 2. The van der Waals surface area contributed by atoms with Gasteiger partial charge in [-0.3, -0.25) is 4.79 Å². The molecule has 2 heterocycles. The molecule has 0 saturated heterocycles. The van der Waals surface area contributed by atoms with E-state index < -0.39 is 0 Å². The fourth-order valence-electron chi connectivity index (χ4n) is 1.21. The van der Waals surface area contributed by atoms with Crippen molar-refractivity contribution < 1.29 is 14.1 Å². The van der Waals surface area contributed by atoms with E-state index in [0.29, 0.717) is 11.7 Å². The van der Waals surface area contributed by atoms with E-state index in [4.69, 9.17) is 9.26 Å². The zero-order valence-corrected chi connectivity index (χ0v) is 9.49. The van der Waals surface area contributed by atoms with E-state index in [-0.39, 0.29) is 18.8 Å². The Labute approximate surface area is 96.0 Å². The zero-order chi connectivity index (χ0) is 11.4. The Morgan fingerprint density at radius 1 is 1.62 bits per heavy atom. The average molecular weight is 238 g/mol. The van der Waals surface area contributed by atoms with Crippen LogP contribution in [0.15, 0.2) is 22.0 Å². The van der Waals surface area contributed by atoms with E-state index in [2.05, 4.69) is 10.1 Å². The maximum atomic E-state index is 11.3. The van der Waals surface area contributed by atoms with Gasteiger partial charge in [-0.25, -0.2) is 0 Å². The summed E-state index contributed by atoms with van der Waals surface area (Å²) in [4.78, 5) is 16.3. The summed E-state index contributed by atoms with van der Waals surface area (Å²) in [5.41, 5.74) is 0. The summed E-state index contributed by atoms with van der Waals surface area (Å²) in [7, 11) is 1.47. The molecule has 0 aliphatic carbocycles. The van der Waals surface area contributed by atoms with Crippen LogP contribution in [0.25, 0.3) is 10.7 Å². The lowest BCUT2D eigenvalue weighted by Crippen LogP contribution is -2.09. The highest BCUT2D eigenvalue weighted by molar-refractivity contribution is 7.13. The molecule has 0 radical (unpaired) electrons. The summed E-state index contributed by atoms with van der Waals surface area (Å²) in [6.07, 6.45) is 0.117. The van der Waals surface area contributed by atoms with Crippen molar-refractivity contribution in [3.8, 4) is 10.7 Å². The second-order valence-corrected chi connectivity index (χ2v) is 4.09. The second-order valence-electron chi connectivity index (χ2n) is 3.14. The number of rotatable bonds is 5. The van der Waals surface area contributed by atoms with E-state index in [0.717, 1.165) is 4.88 Å². The number of ketones is 1. The maximum absolute atomic E-state index is 11.3. The van der Waals surface area contributed by atoms with E-state index in [9.17, 15) is 4.79 Å². The van der Waals surface area contributed by atoms with Gasteiger partial charge in [0.25, 0.3) is 0 Å². The Hall–Kier alpha value is -1.53. The van der Waals surface area contributed by atoms with Crippen LogP contribution < -0.4 is 0 Å². The number of carbonyl (C=O) groups is 1. The lowest BCUT2D eigenvalue weighted by Gasteiger charge is -1.93. The predicted molar refractivity (Wildman–Crippen MR) is 58.2 cm³/mol. The van der Waals surface area contributed by atoms with Gasteiger partial charge in [-0.05, 0) is 11.4 Å². The van der Waals surface area contributed by atoms with Crippen molar-refractivity contribution >= 4 is 17.1 Å². The second kappa shape index (κ2) is 5.00. The number of Topliss-reactive ketones (excluding diaryl/α,β-unsaturated/α-hetero) is 1. The monoisotopic (exact) mass is 238 g/mol. The van der Waals surface area contributed by atoms with E-state index >= 15 is 0 Å². The summed E-state index contributed by atoms with van der Waals surface area (Å²) in [6, 6.07) is 3.81. The van der Waals surface area contributed by atoms with Crippen LogP contribution in [-0.2, 0) is 16.0 Å². The minimum atomic E-state index is -0.0797. The number of carbonyl (C=O) groups excluding carboxylic acids is 1. The Kier molecular flexibility index (Phi) is 3.43. The third-order valence-electron chi connectivity index (χ3n) is 1.86. The first-order valence-corrected chi connectivity index (χ1v) is 5.54. The fourth-order valence-corrected chi connectivity index (χ4v) is 1.86. The number of aromatic nitrogens is 2. The van der Waals surface area contributed by atoms with Gasteiger partial charge in [-0.2, -0.15) is 4.98 Å². The van der Waals surface area contributed by atoms with Gasteiger partial charge in [0.2, 0.25) is 11.7 Å². The van der Waals surface area contributed by atoms with Gasteiger partial charge in [0.15, 0.2) is 5.78 Å². The van der Waals surface area contributed by atoms with Crippen LogP contribution in [0.2, 0.25) is 0 Å². The van der Waals surface area contributed by atoms with Crippen molar-refractivity contribution in [1.29, 1.82) is 0 Å². The predicted octanol–water partition coefficient (Wildman–Crippen LogP) is 1.56. The molecule has 2 aromatic heterocycles. The molecule has 0 amide bonds. The van der Waals surface area contributed by atoms with Crippen LogP contribution in [0.4, 0.5) is 0 Å². The largest absolute Gasteiger partial charge is 0.377 e. The first-order valence-electron chi connectivity index (χ1n) is 4.66. The third-order valence-corrected chi connectivity index (χ3v) is 2.73. The molecular weight excluding hydrogens is 228 g/mol. The van der Waals surface area contributed by atoms with Crippen LogP contribution in [0.3, 0.4) is 0 Å². The van der Waals surface area contributed by atoms with Gasteiger partial charge < -0.3 is 9.26 Å². The number of hydrogen-bond acceptors (Lipinski definition) is 6. The van der Waals surface area contributed by atoms with Gasteiger partial charge in [-0.1, -0.05) is 11.2 Å². The first kappa shape index (κ1) is 11.0. The maximum Gasteiger partial charge on any atom is 0.234 e. The molecule has 0 N–H and O–H groups in total. The summed E-state index contributed by atoms with van der Waals surface area (Å²) >= 11 is 1.52. The van der Waals surface area contributed by atoms with Crippen molar-refractivity contribution in [1.82, 2.24) is 10.1 Å². The summed E-state index contributed by atoms with van der Waals surface area (Å²) < 4.78 is 9.69. The fraction of sp³-hybridized carbons (Fsp3) is 0.300. The standard InChI is InChI=1S/C10H10N2O3S/c1-14-6-7(13)5-9-11-10(12-15-9)8-3-2-4-16-8/h2-4H,5-6H2,1H3. The molecule has 0 fully saturated rings. The Balaban J connectivity index is 2.06. The molecule has 6 heteroatoms. The number of hydrogen-bond donors (Lipinski definition) is 0. The van der Waals surface area contributed by atoms with Crippen LogP contribution in [0.1, 0.15) is 5.89 Å². The van der Waals surface area contributed by atoms with Gasteiger partial charge in [0, 0.05) is 7.11 Å². The molecule has 16 heavy (non-hydrogen) atoms. The molecule has 0 spiro atoms. The number of ether oxygens (including phenoxy) is 1. The van der Waals surface area contributed by atoms with Crippen LogP contribution in [0, 0.1) is 0 Å². The molecule has 0 atom stereocenters. The number of thiophene rings is 1. The molecule has 0 saturated carbocycles. The smallest absolute Gasteiger partial charge is 0.234 e. The highest BCUT2D eigenvalue weighted by Gasteiger charge is 2.12. The molecule has 84 valence electrons. The molecule has 0 aromatic carbocycles. The molecule has 5 nitrogen and oxygen atoms in total. The van der Waals surface area contributed by atoms with Crippen molar-refractivity contribution in [2.24, 2.45) is 0 Å². The molecule has 0 unspecified atom stereocenters. The van der Waals surface area contributed by atoms with Crippen LogP contribution in [-0.4, -0.2) is 29.6 Å². The Morgan fingerprint density at radius 3 is 3.19 bits per heavy atom. The molecule has 0 aliphatic heterocycles. The zero-order valence-electron chi connectivity index (χ0n) is 8.67. The molecule has 0 bridgehead atoms. The minimum absolute atomic E-state index is 0.0662. The SMILES string of the molecule is COCC(=O)Cc1nc(-c2cccs2)no1. The van der Waals surface area contributed by atoms with Crippen molar-refractivity contribution in [3.05, 3.63) is 23.4 Å². The lowest BCUT2D eigenvalue weighted by atomic mass is 10.3. The number of methoxy groups -OCH3 is 1. The van der Waals surface area contributed by atoms with Crippen LogP contribution >= 0.6 is 11.3 Å². The lowest BCUT2D eigenvalue weighted by molar-refractivity contribution is -0.122. The first-order chi connectivity index (χ1) is 7.79. The third kappa shape index (κ3) is 2.53. The Bertz CT molecular complexity index is 464. The molecular formula is C10H10N2O3S. The minimum Gasteiger partial charge on any atom is -0.377 e. The highest BCUT2D eigenvalue weighted by Crippen LogP contribution is 2.21. The molecule has 0 aliphatic rings. The normalized spacial score (nSPS) is 10.6. The molecule has 2 rings (SSSR count). The summed E-state index contributed by atoms with van der Waals surface area (Å²) in [5.74, 6) is 0.768. The average Bonchev–Trinajstić information content (AvgIpc) is 2.86. The van der Waals surface area contributed by atoms with E-state index in [1.54, 1.807) is 0 Å². The van der Waals surface area contributed by atoms with E-state index in [1.807, 2.05) is 17.5 Å². The highest BCUT2D eigenvalue weighted by atomic mass is 32.1. The van der Waals surface area contributed by atoms with Crippen LogP contribution in [0.5, 0.6) is 0 Å². The topological polar surface area (TPSA) is 65.2 Å². The van der Waals surface area contributed by atoms with E-state index in [1.165, 1.54) is 18.4 Å². The van der Waals surface area contributed by atoms with Crippen molar-refractivity contribution in [3.63, 3.8) is 0 Å². The summed E-state index contributed by atoms with van der Waals surface area (Å²) in [5, 5.41) is 5.74. The quantitative estimate of drug-likeness (QED) is 0.790.